The fourth-order valence-electron chi connectivity index (χ4n) is 7.69. The van der Waals surface area contributed by atoms with Crippen LogP contribution in [0.4, 0.5) is 0 Å². The van der Waals surface area contributed by atoms with Gasteiger partial charge in [-0.25, -0.2) is 0 Å². The molecule has 0 aliphatic rings. The fraction of sp³-hybridized carbons (Fsp3) is 0. The normalized spacial score (nSPS) is 12.2. The van der Waals surface area contributed by atoms with Crippen molar-refractivity contribution in [2.24, 2.45) is 0 Å². The first kappa shape index (κ1) is 26.0. The lowest BCUT2D eigenvalue weighted by molar-refractivity contribution is 1.62. The van der Waals surface area contributed by atoms with E-state index >= 15 is 0 Å². The summed E-state index contributed by atoms with van der Waals surface area (Å²) in [5.74, 6) is 0. The van der Waals surface area contributed by atoms with Crippen molar-refractivity contribution in [1.82, 2.24) is 0 Å². The maximum Gasteiger partial charge on any atom is 0.0623 e. The van der Waals surface area contributed by atoms with Crippen LogP contribution in [0.3, 0.4) is 0 Å². The Hall–Kier alpha value is -6.02. The van der Waals surface area contributed by atoms with Gasteiger partial charge in [0.1, 0.15) is 0 Å². The first-order valence-corrected chi connectivity index (χ1v) is 17.5. The molecule has 0 unspecified atom stereocenters. The van der Waals surface area contributed by atoms with Crippen LogP contribution in [-0.4, -0.2) is 0 Å². The first-order chi connectivity index (χ1) is 25.1. The van der Waals surface area contributed by atoms with Crippen LogP contribution in [0.2, 0.25) is 0 Å². The van der Waals surface area contributed by atoms with Crippen LogP contribution in [0, 0.1) is 0 Å². The number of hydrogen-bond donors (Lipinski definition) is 0. The minimum atomic E-state index is 0.534. The van der Waals surface area contributed by atoms with E-state index in [1.165, 1.54) is 81.5 Å². The molecule has 10 rings (SSSR count). The van der Waals surface area contributed by atoms with Crippen molar-refractivity contribution in [3.63, 3.8) is 0 Å². The second-order valence-electron chi connectivity index (χ2n) is 12.7. The quantitative estimate of drug-likeness (QED) is 0.168. The summed E-state index contributed by atoms with van der Waals surface area (Å²) >= 11 is 1.76. The topological polar surface area (TPSA) is 0 Å². The zero-order valence-electron chi connectivity index (χ0n) is 28.6. The molecule has 0 saturated heterocycles. The summed E-state index contributed by atoms with van der Waals surface area (Å²) in [7, 11) is 0. The van der Waals surface area contributed by atoms with Gasteiger partial charge in [-0.1, -0.05) is 158 Å². The summed E-state index contributed by atoms with van der Waals surface area (Å²) < 4.78 is 18.5. The van der Waals surface area contributed by atoms with E-state index < -0.39 is 0 Å². The van der Waals surface area contributed by atoms with Gasteiger partial charge >= 0.3 is 0 Å². The molecule has 49 heavy (non-hydrogen) atoms. The Morgan fingerprint density at radius 2 is 0.959 bits per heavy atom. The van der Waals surface area contributed by atoms with Crippen LogP contribution < -0.4 is 0 Å². The molecule has 0 nitrogen and oxygen atoms in total. The van der Waals surface area contributed by atoms with Crippen molar-refractivity contribution in [1.29, 1.82) is 0 Å². The Morgan fingerprint density at radius 3 is 1.73 bits per heavy atom. The lowest BCUT2D eigenvalue weighted by atomic mass is 9.85. The van der Waals surface area contributed by atoms with Gasteiger partial charge in [-0.2, -0.15) is 0 Å². The highest BCUT2D eigenvalue weighted by atomic mass is 32.1. The second kappa shape index (κ2) is 11.3. The van der Waals surface area contributed by atoms with Crippen LogP contribution in [0.25, 0.3) is 97.0 Å². The van der Waals surface area contributed by atoms with E-state index in [1.807, 2.05) is 30.3 Å². The number of thiophene rings is 1. The van der Waals surface area contributed by atoms with Crippen molar-refractivity contribution in [3.05, 3.63) is 182 Å². The number of hydrogen-bond acceptors (Lipinski definition) is 1. The third kappa shape index (κ3) is 4.58. The van der Waals surface area contributed by atoms with E-state index in [4.69, 9.17) is 2.74 Å². The van der Waals surface area contributed by atoms with Crippen LogP contribution in [-0.2, 0) is 0 Å². The smallest absolute Gasteiger partial charge is 0.0623 e. The highest BCUT2D eigenvalue weighted by molar-refractivity contribution is 7.25. The van der Waals surface area contributed by atoms with Crippen molar-refractivity contribution >= 4 is 63.8 Å². The molecule has 0 atom stereocenters. The predicted octanol–water partition coefficient (Wildman–Crippen LogP) is 14.2. The molecule has 9 aromatic carbocycles. The van der Waals surface area contributed by atoms with Gasteiger partial charge in [0, 0.05) is 20.2 Å². The largest absolute Gasteiger partial charge is 0.135 e. The molecule has 0 aliphatic heterocycles. The first-order valence-electron chi connectivity index (χ1n) is 17.7. The Balaban J connectivity index is 1.13. The maximum absolute atomic E-state index is 8.17. The molecule has 0 amide bonds. The van der Waals surface area contributed by atoms with E-state index in [0.717, 1.165) is 15.5 Å². The van der Waals surface area contributed by atoms with E-state index in [-0.39, 0.29) is 0 Å². The van der Waals surface area contributed by atoms with Crippen LogP contribution in [0.5, 0.6) is 0 Å². The molecule has 0 fully saturated rings. The molecule has 10 aromatic rings. The van der Waals surface area contributed by atoms with Crippen LogP contribution in [0.15, 0.2) is 182 Å². The Bertz CT molecular complexity index is 2930. The minimum Gasteiger partial charge on any atom is -0.135 e. The predicted molar refractivity (Wildman–Crippen MR) is 214 cm³/mol. The van der Waals surface area contributed by atoms with Crippen molar-refractivity contribution in [3.8, 4) is 44.5 Å². The van der Waals surface area contributed by atoms with Gasteiger partial charge in [0.2, 0.25) is 0 Å². The molecule has 1 heteroatoms. The van der Waals surface area contributed by atoms with E-state index in [9.17, 15) is 0 Å². The number of benzene rings is 9. The van der Waals surface area contributed by atoms with Crippen LogP contribution in [0.1, 0.15) is 2.74 Å². The van der Waals surface area contributed by atoms with E-state index in [0.29, 0.717) is 12.1 Å². The molecular weight excluding hydrogens is 609 g/mol. The Kier molecular flexibility index (Phi) is 6.00. The highest BCUT2D eigenvalue weighted by Crippen LogP contribution is 2.46. The maximum atomic E-state index is 8.17. The summed E-state index contributed by atoms with van der Waals surface area (Å²) in [6, 6.07) is 61.6. The lowest BCUT2D eigenvalue weighted by Gasteiger charge is -2.18. The molecule has 1 aromatic heterocycles. The fourth-order valence-corrected chi connectivity index (χ4v) is 8.80. The van der Waals surface area contributed by atoms with Crippen molar-refractivity contribution in [2.45, 2.75) is 0 Å². The Labute approximate surface area is 292 Å². The van der Waals surface area contributed by atoms with Gasteiger partial charge < -0.3 is 0 Å². The van der Waals surface area contributed by atoms with Crippen molar-refractivity contribution in [2.75, 3.05) is 0 Å². The molecule has 0 radical (unpaired) electrons. The standard InChI is InChI=1S/C48H30S/c1-2-12-34-29-35(28-25-31(34)11-1)32-23-26-33(27-24-32)46-39-15-3-5-17-41(39)47(42-18-6-4-16-40(42)46)37-14-9-13-36(30-37)38-20-10-22-45-48(38)43-19-7-8-21-44(43)49-45/h1-30H/i1D,8D. The van der Waals surface area contributed by atoms with E-state index in [2.05, 4.69) is 140 Å². The molecule has 228 valence electrons. The third-order valence-corrected chi connectivity index (χ3v) is 11.0. The number of fused-ring (bicyclic) bond motifs is 6. The highest BCUT2D eigenvalue weighted by Gasteiger charge is 2.18. The third-order valence-electron chi connectivity index (χ3n) is 9.93. The summed E-state index contributed by atoms with van der Waals surface area (Å²) in [6.45, 7) is 0. The van der Waals surface area contributed by atoms with Gasteiger partial charge in [0.15, 0.2) is 0 Å². The summed E-state index contributed by atoms with van der Waals surface area (Å²) in [5, 5.41) is 9.64. The van der Waals surface area contributed by atoms with Gasteiger partial charge in [0.05, 0.1) is 2.74 Å². The molecular formula is C48H30S. The zero-order chi connectivity index (χ0) is 34.1. The van der Waals surface area contributed by atoms with Crippen molar-refractivity contribution < 1.29 is 2.74 Å². The molecule has 0 N–H and O–H groups in total. The minimum absolute atomic E-state index is 0.534. The molecule has 0 spiro atoms. The zero-order valence-corrected chi connectivity index (χ0v) is 27.4. The lowest BCUT2D eigenvalue weighted by Crippen LogP contribution is -1.91. The molecule has 0 saturated carbocycles. The summed E-state index contributed by atoms with van der Waals surface area (Å²) in [6.07, 6.45) is 0. The SMILES string of the molecule is [2H]c1ccc2cc(-c3ccc(-c4c5ccccc5c(-c5cccc(-c6cccc7sc8cc([2H])ccc8c67)c5)c5ccccc45)cc3)ccc2c1. The molecule has 0 aliphatic carbocycles. The van der Waals surface area contributed by atoms with Crippen LogP contribution >= 0.6 is 11.3 Å². The van der Waals surface area contributed by atoms with Gasteiger partial charge in [0.25, 0.3) is 0 Å². The summed E-state index contributed by atoms with van der Waals surface area (Å²) in [5.41, 5.74) is 9.63. The van der Waals surface area contributed by atoms with Gasteiger partial charge in [-0.05, 0) is 101 Å². The second-order valence-corrected chi connectivity index (χ2v) is 13.8. The molecule has 1 heterocycles. The van der Waals surface area contributed by atoms with Gasteiger partial charge in [-0.3, -0.25) is 0 Å². The number of rotatable bonds is 4. The van der Waals surface area contributed by atoms with Gasteiger partial charge in [-0.15, -0.1) is 11.3 Å². The average molecular weight is 641 g/mol. The Morgan fingerprint density at radius 1 is 0.347 bits per heavy atom. The monoisotopic (exact) mass is 640 g/mol. The average Bonchev–Trinajstić information content (AvgIpc) is 3.54. The van der Waals surface area contributed by atoms with E-state index in [1.54, 1.807) is 11.3 Å². The molecule has 0 bridgehead atoms. The summed E-state index contributed by atoms with van der Waals surface area (Å²) in [4.78, 5) is 0.